The van der Waals surface area contributed by atoms with E-state index >= 15 is 0 Å². The van der Waals surface area contributed by atoms with Gasteiger partial charge in [-0.05, 0) is 74.0 Å². The Hall–Kier alpha value is -3.46. The molecule has 7 nitrogen and oxygen atoms in total. The van der Waals surface area contributed by atoms with Crippen molar-refractivity contribution in [2.24, 2.45) is 0 Å². The fourth-order valence-corrected chi connectivity index (χ4v) is 4.28. The first-order chi connectivity index (χ1) is 17.0. The molecule has 0 aliphatic carbocycles. The van der Waals surface area contributed by atoms with Crippen molar-refractivity contribution >= 4 is 21.7 Å². The third-order valence-electron chi connectivity index (χ3n) is 5.62. The van der Waals surface area contributed by atoms with E-state index in [1.807, 2.05) is 37.3 Å². The Labute approximate surface area is 212 Å². The van der Waals surface area contributed by atoms with Crippen molar-refractivity contribution in [3.05, 3.63) is 101 Å². The molecule has 36 heavy (non-hydrogen) atoms. The first kappa shape index (κ1) is 27.1. The summed E-state index contributed by atoms with van der Waals surface area (Å²) in [5.41, 5.74) is 6.15. The number of rotatable bonds is 6. The van der Waals surface area contributed by atoms with Crippen LogP contribution in [0.2, 0.25) is 0 Å². The van der Waals surface area contributed by atoms with Gasteiger partial charge in [0.25, 0.3) is 10.1 Å². The van der Waals surface area contributed by atoms with E-state index in [0.29, 0.717) is 6.61 Å². The number of carboxylic acid groups (broad SMARTS) is 1. The number of carbonyl (C=O) groups is 1. The number of carboxylic acids is 1. The SMILES string of the molecule is CN(C)CC/C=C1/c2ccccc2COc2ccc(CC(=O)O)cc21.Cc1ccc(S(=O)(=O)O)cc1. The second kappa shape index (κ2) is 12.0. The van der Waals surface area contributed by atoms with E-state index in [1.54, 1.807) is 12.1 Å². The molecular weight excluding hydrogens is 478 g/mol. The van der Waals surface area contributed by atoms with Crippen LogP contribution in [0.15, 0.2) is 77.7 Å². The fraction of sp³-hybridized carbons (Fsp3) is 0.250. The summed E-state index contributed by atoms with van der Waals surface area (Å²) in [6, 6.07) is 19.9. The molecule has 0 saturated heterocycles. The predicted octanol–water partition coefficient (Wildman–Crippen LogP) is 4.83. The zero-order valence-corrected chi connectivity index (χ0v) is 21.5. The predicted molar refractivity (Wildman–Crippen MR) is 140 cm³/mol. The van der Waals surface area contributed by atoms with Crippen LogP contribution in [0.1, 0.15) is 34.2 Å². The van der Waals surface area contributed by atoms with Gasteiger partial charge in [-0.3, -0.25) is 9.35 Å². The van der Waals surface area contributed by atoms with Crippen LogP contribution < -0.4 is 4.74 Å². The minimum absolute atomic E-state index is 0.0138. The minimum Gasteiger partial charge on any atom is -0.488 e. The van der Waals surface area contributed by atoms with Gasteiger partial charge in [-0.15, -0.1) is 0 Å². The quantitative estimate of drug-likeness (QED) is 0.459. The third kappa shape index (κ3) is 7.52. The Kier molecular flexibility index (Phi) is 9.03. The van der Waals surface area contributed by atoms with Gasteiger partial charge in [0.2, 0.25) is 0 Å². The van der Waals surface area contributed by atoms with Gasteiger partial charge >= 0.3 is 5.97 Å². The first-order valence-electron chi connectivity index (χ1n) is 11.5. The van der Waals surface area contributed by atoms with Crippen LogP contribution in [0.5, 0.6) is 5.75 Å². The van der Waals surface area contributed by atoms with Gasteiger partial charge in [0.1, 0.15) is 12.4 Å². The molecule has 2 N–H and O–H groups in total. The van der Waals surface area contributed by atoms with Crippen molar-refractivity contribution in [2.45, 2.75) is 31.3 Å². The number of hydrogen-bond donors (Lipinski definition) is 2. The molecule has 3 aromatic carbocycles. The molecule has 3 aromatic rings. The van der Waals surface area contributed by atoms with Crippen molar-refractivity contribution in [1.29, 1.82) is 0 Å². The zero-order valence-electron chi connectivity index (χ0n) is 20.6. The summed E-state index contributed by atoms with van der Waals surface area (Å²) in [5.74, 6) is -0.0190. The van der Waals surface area contributed by atoms with E-state index in [0.717, 1.165) is 52.1 Å². The Morgan fingerprint density at radius 3 is 2.36 bits per heavy atom. The van der Waals surface area contributed by atoms with Gasteiger partial charge in [-0.1, -0.05) is 54.1 Å². The molecule has 0 saturated carbocycles. The van der Waals surface area contributed by atoms with E-state index in [4.69, 9.17) is 14.4 Å². The third-order valence-corrected chi connectivity index (χ3v) is 6.49. The van der Waals surface area contributed by atoms with E-state index in [1.165, 1.54) is 12.1 Å². The van der Waals surface area contributed by atoms with Crippen molar-refractivity contribution < 1.29 is 27.6 Å². The fourth-order valence-electron chi connectivity index (χ4n) is 3.80. The van der Waals surface area contributed by atoms with Gasteiger partial charge in [0.05, 0.1) is 11.3 Å². The molecule has 190 valence electrons. The highest BCUT2D eigenvalue weighted by Gasteiger charge is 2.19. The standard InChI is InChI=1S/C21H23NO3.C7H8O3S/c1-22(2)11-5-8-18-17-7-4-3-6-16(17)14-25-20-10-9-15(12-19(18)20)13-21(23)24;1-6-2-4-7(5-3-6)11(8,9)10/h3-4,6-10,12H,5,11,13-14H2,1-2H3,(H,23,24);2-5H,1H3,(H,8,9,10)/b18-8-;. The maximum atomic E-state index is 11.1. The Bertz CT molecular complexity index is 1340. The lowest BCUT2D eigenvalue weighted by molar-refractivity contribution is -0.136. The van der Waals surface area contributed by atoms with Crippen LogP contribution >= 0.6 is 0 Å². The number of hydrogen-bond acceptors (Lipinski definition) is 5. The topological polar surface area (TPSA) is 104 Å². The number of nitrogens with zero attached hydrogens (tertiary/aromatic N) is 1. The van der Waals surface area contributed by atoms with Crippen LogP contribution in [0.4, 0.5) is 0 Å². The summed E-state index contributed by atoms with van der Waals surface area (Å²) >= 11 is 0. The molecule has 0 bridgehead atoms. The molecular formula is C28H31NO6S. The zero-order chi connectivity index (χ0) is 26.3. The van der Waals surface area contributed by atoms with Gasteiger partial charge in [0.15, 0.2) is 0 Å². The summed E-state index contributed by atoms with van der Waals surface area (Å²) < 4.78 is 35.5. The maximum absolute atomic E-state index is 11.1. The Morgan fingerprint density at radius 1 is 1.03 bits per heavy atom. The summed E-state index contributed by atoms with van der Waals surface area (Å²) in [7, 11) is 0.0946. The van der Waals surface area contributed by atoms with Gasteiger partial charge in [-0.25, -0.2) is 0 Å². The molecule has 0 fully saturated rings. The normalized spacial score (nSPS) is 13.6. The second-order valence-corrected chi connectivity index (χ2v) is 10.3. The average Bonchev–Trinajstić information content (AvgIpc) is 2.96. The van der Waals surface area contributed by atoms with Crippen LogP contribution in [-0.2, 0) is 27.9 Å². The minimum atomic E-state index is -4.02. The molecule has 1 aliphatic rings. The monoisotopic (exact) mass is 509 g/mol. The van der Waals surface area contributed by atoms with E-state index in [9.17, 15) is 13.2 Å². The van der Waals surface area contributed by atoms with E-state index < -0.39 is 16.1 Å². The van der Waals surface area contributed by atoms with Gasteiger partial charge in [-0.2, -0.15) is 8.42 Å². The lowest BCUT2D eigenvalue weighted by Crippen LogP contribution is -2.12. The van der Waals surface area contributed by atoms with Crippen LogP contribution in [0, 0.1) is 6.92 Å². The largest absolute Gasteiger partial charge is 0.488 e. The highest BCUT2D eigenvalue weighted by molar-refractivity contribution is 7.85. The molecule has 0 atom stereocenters. The van der Waals surface area contributed by atoms with Crippen LogP contribution in [0.25, 0.3) is 5.57 Å². The lowest BCUT2D eigenvalue weighted by Gasteiger charge is -2.13. The van der Waals surface area contributed by atoms with Crippen molar-refractivity contribution in [2.75, 3.05) is 20.6 Å². The summed E-state index contributed by atoms with van der Waals surface area (Å²) in [6.07, 6.45) is 3.16. The average molecular weight is 510 g/mol. The molecule has 0 amide bonds. The number of benzene rings is 3. The van der Waals surface area contributed by atoms with E-state index in [2.05, 4.69) is 37.2 Å². The Balaban J connectivity index is 0.000000275. The molecule has 1 heterocycles. The molecule has 0 spiro atoms. The van der Waals surface area contributed by atoms with Crippen LogP contribution in [0.3, 0.4) is 0 Å². The molecule has 8 heteroatoms. The second-order valence-electron chi connectivity index (χ2n) is 8.84. The van der Waals surface area contributed by atoms with Crippen LogP contribution in [-0.4, -0.2) is 49.6 Å². The molecule has 4 rings (SSSR count). The van der Waals surface area contributed by atoms with Crippen molar-refractivity contribution in [1.82, 2.24) is 4.90 Å². The summed E-state index contributed by atoms with van der Waals surface area (Å²) in [4.78, 5) is 13.2. The summed E-state index contributed by atoms with van der Waals surface area (Å²) in [5, 5.41) is 9.10. The maximum Gasteiger partial charge on any atom is 0.307 e. The first-order valence-corrected chi connectivity index (χ1v) is 12.9. The highest BCUT2D eigenvalue weighted by atomic mass is 32.2. The van der Waals surface area contributed by atoms with E-state index in [-0.39, 0.29) is 11.3 Å². The molecule has 0 unspecified atom stereocenters. The van der Waals surface area contributed by atoms with Crippen molar-refractivity contribution in [3.8, 4) is 5.75 Å². The number of fused-ring (bicyclic) bond motifs is 2. The molecule has 0 radical (unpaired) electrons. The highest BCUT2D eigenvalue weighted by Crippen LogP contribution is 2.37. The van der Waals surface area contributed by atoms with Gasteiger partial charge < -0.3 is 14.7 Å². The van der Waals surface area contributed by atoms with Gasteiger partial charge in [0, 0.05) is 12.1 Å². The smallest absolute Gasteiger partial charge is 0.307 e. The summed E-state index contributed by atoms with van der Waals surface area (Å²) in [6.45, 7) is 3.32. The molecule has 1 aliphatic heterocycles. The van der Waals surface area contributed by atoms with Crippen molar-refractivity contribution in [3.63, 3.8) is 0 Å². The lowest BCUT2D eigenvalue weighted by atomic mass is 9.92. The molecule has 0 aromatic heterocycles. The number of ether oxygens (including phenoxy) is 1. The Morgan fingerprint density at radius 2 is 1.72 bits per heavy atom. The number of aryl methyl sites for hydroxylation is 1. The number of aliphatic carboxylic acids is 1.